The predicted octanol–water partition coefficient (Wildman–Crippen LogP) is 3.12. The largest absolute Gasteiger partial charge is 0.298 e. The summed E-state index contributed by atoms with van der Waals surface area (Å²) in [6.45, 7) is 9.43. The lowest BCUT2D eigenvalue weighted by Gasteiger charge is -2.42. The highest BCUT2D eigenvalue weighted by atomic mass is 19.1. The topological polar surface area (TPSA) is 50.1 Å². The Hall–Kier alpha value is -1.86. The van der Waals surface area contributed by atoms with E-state index < -0.39 is 0 Å². The van der Waals surface area contributed by atoms with Crippen molar-refractivity contribution in [2.24, 2.45) is 5.92 Å². The molecule has 1 saturated heterocycles. The first-order valence-electron chi connectivity index (χ1n) is 10.6. The highest BCUT2D eigenvalue weighted by Crippen LogP contribution is 2.30. The van der Waals surface area contributed by atoms with Gasteiger partial charge >= 0.3 is 0 Å². The molecule has 152 valence electrons. The first-order chi connectivity index (χ1) is 13.6. The minimum atomic E-state index is -0.221. The van der Waals surface area contributed by atoms with E-state index in [4.69, 9.17) is 0 Å². The van der Waals surface area contributed by atoms with Crippen molar-refractivity contribution in [3.05, 3.63) is 41.5 Å². The Morgan fingerprint density at radius 1 is 1.04 bits per heavy atom. The number of halogens is 1. The van der Waals surface area contributed by atoms with E-state index in [1.165, 1.54) is 37.8 Å². The average molecular weight is 387 g/mol. The van der Waals surface area contributed by atoms with Crippen LogP contribution in [0.15, 0.2) is 24.3 Å². The highest BCUT2D eigenvalue weighted by Gasteiger charge is 2.33. The second-order valence-electron chi connectivity index (χ2n) is 8.52. The summed E-state index contributed by atoms with van der Waals surface area (Å²) in [5.41, 5.74) is 1.00. The summed E-state index contributed by atoms with van der Waals surface area (Å²) in [4.78, 5) is 5.23. The van der Waals surface area contributed by atoms with Crippen LogP contribution in [0.2, 0.25) is 0 Å². The van der Waals surface area contributed by atoms with Crippen molar-refractivity contribution in [1.82, 2.24) is 30.0 Å². The lowest BCUT2D eigenvalue weighted by atomic mass is 10.00. The second kappa shape index (κ2) is 8.66. The molecule has 6 nitrogen and oxygen atoms in total. The van der Waals surface area contributed by atoms with Gasteiger partial charge in [-0.2, -0.15) is 0 Å². The van der Waals surface area contributed by atoms with Gasteiger partial charge in [-0.25, -0.2) is 9.07 Å². The quantitative estimate of drug-likeness (QED) is 0.763. The molecule has 2 fully saturated rings. The van der Waals surface area contributed by atoms with Crippen molar-refractivity contribution in [2.75, 3.05) is 26.2 Å². The average Bonchev–Trinajstić information content (AvgIpc) is 3.37. The van der Waals surface area contributed by atoms with Crippen LogP contribution in [0.3, 0.4) is 0 Å². The number of benzene rings is 1. The zero-order valence-corrected chi connectivity index (χ0v) is 17.0. The normalized spacial score (nSPS) is 20.9. The van der Waals surface area contributed by atoms with Crippen LogP contribution in [0.5, 0.6) is 0 Å². The highest BCUT2D eigenvalue weighted by molar-refractivity contribution is 5.16. The van der Waals surface area contributed by atoms with Gasteiger partial charge in [0, 0.05) is 32.2 Å². The van der Waals surface area contributed by atoms with Crippen LogP contribution in [0, 0.1) is 11.7 Å². The molecule has 1 saturated carbocycles. The molecule has 1 aromatic carbocycles. The Bertz CT molecular complexity index is 745. The fourth-order valence-electron chi connectivity index (χ4n) is 4.83. The molecule has 0 unspecified atom stereocenters. The lowest BCUT2D eigenvalue weighted by molar-refractivity contribution is 0.0501. The summed E-state index contributed by atoms with van der Waals surface area (Å²) < 4.78 is 15.1. The third-order valence-corrected chi connectivity index (χ3v) is 6.28. The predicted molar refractivity (Wildman–Crippen MR) is 106 cm³/mol. The first-order valence-corrected chi connectivity index (χ1v) is 10.6. The van der Waals surface area contributed by atoms with Crippen LogP contribution in [0.1, 0.15) is 57.0 Å². The van der Waals surface area contributed by atoms with Gasteiger partial charge in [-0.1, -0.05) is 38.8 Å². The van der Waals surface area contributed by atoms with Crippen LogP contribution in [0.25, 0.3) is 0 Å². The van der Waals surface area contributed by atoms with E-state index in [0.29, 0.717) is 12.5 Å². The summed E-state index contributed by atoms with van der Waals surface area (Å²) in [6.07, 6.45) is 5.50. The molecule has 1 aromatic heterocycles. The molecule has 4 rings (SSSR count). The van der Waals surface area contributed by atoms with E-state index in [2.05, 4.69) is 39.2 Å². The Morgan fingerprint density at radius 3 is 2.36 bits per heavy atom. The fraction of sp³-hybridized carbons (Fsp3) is 0.667. The number of tetrazole rings is 1. The fourth-order valence-corrected chi connectivity index (χ4v) is 4.83. The molecule has 1 aliphatic carbocycles. The maximum absolute atomic E-state index is 13.2. The van der Waals surface area contributed by atoms with E-state index in [1.54, 1.807) is 12.1 Å². The molecule has 2 heterocycles. The first kappa shape index (κ1) is 19.5. The van der Waals surface area contributed by atoms with Crippen LogP contribution >= 0.6 is 0 Å². The van der Waals surface area contributed by atoms with Crippen molar-refractivity contribution < 1.29 is 4.39 Å². The van der Waals surface area contributed by atoms with Crippen molar-refractivity contribution >= 4 is 0 Å². The van der Waals surface area contributed by atoms with Crippen LogP contribution in [-0.2, 0) is 6.54 Å². The zero-order valence-electron chi connectivity index (χ0n) is 17.0. The summed E-state index contributed by atoms with van der Waals surface area (Å²) >= 11 is 0. The number of rotatable bonds is 6. The van der Waals surface area contributed by atoms with Crippen molar-refractivity contribution in [1.29, 1.82) is 0 Å². The molecule has 2 aliphatic rings. The summed E-state index contributed by atoms with van der Waals surface area (Å²) in [5, 5.41) is 12.6. The van der Waals surface area contributed by atoms with E-state index in [0.717, 1.165) is 43.6 Å². The summed E-state index contributed by atoms with van der Waals surface area (Å²) in [6, 6.07) is 7.56. The molecule has 28 heavy (non-hydrogen) atoms. The number of nitrogens with zero attached hydrogens (tertiary/aromatic N) is 6. The zero-order chi connectivity index (χ0) is 19.5. The van der Waals surface area contributed by atoms with Gasteiger partial charge in [0.25, 0.3) is 0 Å². The van der Waals surface area contributed by atoms with Gasteiger partial charge < -0.3 is 0 Å². The monoisotopic (exact) mass is 386 g/mol. The van der Waals surface area contributed by atoms with E-state index in [1.807, 2.05) is 4.68 Å². The molecular formula is C21H31FN6. The number of aromatic nitrogens is 4. The maximum Gasteiger partial charge on any atom is 0.169 e. The molecule has 1 atom stereocenters. The van der Waals surface area contributed by atoms with Crippen molar-refractivity contribution in [3.63, 3.8) is 0 Å². The second-order valence-corrected chi connectivity index (χ2v) is 8.52. The Kier molecular flexibility index (Phi) is 6.01. The minimum Gasteiger partial charge on any atom is -0.298 e. The molecule has 2 aromatic rings. The Morgan fingerprint density at radius 2 is 1.71 bits per heavy atom. The molecule has 0 bridgehead atoms. The van der Waals surface area contributed by atoms with Crippen LogP contribution in [0.4, 0.5) is 4.39 Å². The van der Waals surface area contributed by atoms with E-state index in [9.17, 15) is 4.39 Å². The third-order valence-electron chi connectivity index (χ3n) is 6.28. The van der Waals surface area contributed by atoms with Crippen molar-refractivity contribution in [3.8, 4) is 0 Å². The molecule has 7 heteroatoms. The number of piperazine rings is 1. The SMILES string of the molecule is CC(C)[C@H](c1nnnn1Cc1ccc(F)cc1)N1CCN(C2CCCC2)CC1. The number of hydrogen-bond donors (Lipinski definition) is 0. The molecular weight excluding hydrogens is 355 g/mol. The minimum absolute atomic E-state index is 0.196. The van der Waals surface area contributed by atoms with Crippen LogP contribution in [-0.4, -0.2) is 62.2 Å². The maximum atomic E-state index is 13.2. The van der Waals surface area contributed by atoms with Gasteiger partial charge in [0.15, 0.2) is 5.82 Å². The smallest absolute Gasteiger partial charge is 0.169 e. The number of hydrogen-bond acceptors (Lipinski definition) is 5. The van der Waals surface area contributed by atoms with E-state index in [-0.39, 0.29) is 11.9 Å². The molecule has 0 amide bonds. The van der Waals surface area contributed by atoms with Crippen LogP contribution < -0.4 is 0 Å². The van der Waals surface area contributed by atoms with Gasteiger partial charge in [-0.3, -0.25) is 9.80 Å². The lowest BCUT2D eigenvalue weighted by Crippen LogP contribution is -2.51. The summed E-state index contributed by atoms with van der Waals surface area (Å²) in [7, 11) is 0. The van der Waals surface area contributed by atoms with Gasteiger partial charge in [0.05, 0.1) is 12.6 Å². The van der Waals surface area contributed by atoms with Gasteiger partial charge in [-0.05, 0) is 46.9 Å². The molecule has 1 aliphatic heterocycles. The Labute approximate surface area is 166 Å². The molecule has 0 radical (unpaired) electrons. The van der Waals surface area contributed by atoms with E-state index >= 15 is 0 Å². The van der Waals surface area contributed by atoms with Gasteiger partial charge in [-0.15, -0.1) is 5.10 Å². The van der Waals surface area contributed by atoms with Gasteiger partial charge in [0.2, 0.25) is 0 Å². The standard InChI is InChI=1S/C21H31FN6/c1-16(2)20(27-13-11-26(12-14-27)19-5-3-4-6-19)21-23-24-25-28(21)15-17-7-9-18(22)10-8-17/h7-10,16,19-20H,3-6,11-15H2,1-2H3/t20-/m1/s1. The van der Waals surface area contributed by atoms with Gasteiger partial charge in [0.1, 0.15) is 5.82 Å². The summed E-state index contributed by atoms with van der Waals surface area (Å²) in [5.74, 6) is 1.10. The Balaban J connectivity index is 1.46. The third kappa shape index (κ3) is 4.25. The van der Waals surface area contributed by atoms with Crippen molar-refractivity contribution in [2.45, 2.75) is 58.2 Å². The molecule has 0 spiro atoms. The molecule has 0 N–H and O–H groups in total.